The first-order valence-electron chi connectivity index (χ1n) is 9.05. The number of halogens is 4. The molecule has 0 unspecified atom stereocenters. The van der Waals surface area contributed by atoms with E-state index in [2.05, 4.69) is 17.2 Å². The normalized spacial score (nSPS) is 11.2. The van der Waals surface area contributed by atoms with E-state index >= 15 is 0 Å². The first-order chi connectivity index (χ1) is 15.4. The Labute approximate surface area is 195 Å². The molecule has 33 heavy (non-hydrogen) atoms. The SMILES string of the molecule is CS(=O)(=O)c1cccc(C#Cc2cc(C(=O)Nc3cc(F)c(=O)n(CC(F)F)c3)sc2Cl)c1. The molecule has 0 aliphatic rings. The van der Waals surface area contributed by atoms with Crippen molar-refractivity contribution < 1.29 is 26.4 Å². The quantitative estimate of drug-likeness (QED) is 0.521. The summed E-state index contributed by atoms with van der Waals surface area (Å²) in [6.07, 6.45) is -0.894. The van der Waals surface area contributed by atoms with Gasteiger partial charge in [0.15, 0.2) is 15.7 Å². The van der Waals surface area contributed by atoms with Crippen LogP contribution in [-0.4, -0.2) is 31.6 Å². The van der Waals surface area contributed by atoms with E-state index < -0.39 is 40.1 Å². The Morgan fingerprint density at radius 1 is 1.24 bits per heavy atom. The highest BCUT2D eigenvalue weighted by molar-refractivity contribution is 7.90. The zero-order chi connectivity index (χ0) is 24.3. The molecule has 0 fully saturated rings. The molecule has 0 bridgehead atoms. The number of amides is 1. The Balaban J connectivity index is 1.83. The van der Waals surface area contributed by atoms with Crippen molar-refractivity contribution in [1.82, 2.24) is 4.57 Å². The second-order valence-corrected chi connectivity index (χ2v) is 10.4. The molecule has 172 valence electrons. The number of thiophene rings is 1. The molecule has 0 aliphatic heterocycles. The second-order valence-electron chi connectivity index (χ2n) is 6.73. The largest absolute Gasteiger partial charge is 0.320 e. The third-order valence-electron chi connectivity index (χ3n) is 4.15. The Morgan fingerprint density at radius 3 is 2.64 bits per heavy atom. The van der Waals surface area contributed by atoms with E-state index in [0.29, 0.717) is 15.7 Å². The van der Waals surface area contributed by atoms with Crippen molar-refractivity contribution in [3.05, 3.63) is 79.1 Å². The number of aromatic nitrogens is 1. The van der Waals surface area contributed by atoms with Gasteiger partial charge in [-0.15, -0.1) is 11.3 Å². The smallest absolute Gasteiger partial charge is 0.286 e. The highest BCUT2D eigenvalue weighted by Crippen LogP contribution is 2.28. The van der Waals surface area contributed by atoms with Crippen LogP contribution in [0.5, 0.6) is 0 Å². The van der Waals surface area contributed by atoms with Gasteiger partial charge in [0.05, 0.1) is 27.6 Å². The lowest BCUT2D eigenvalue weighted by Gasteiger charge is -2.09. The molecule has 0 atom stereocenters. The molecule has 2 aromatic heterocycles. The molecule has 3 rings (SSSR count). The molecule has 2 heterocycles. The lowest BCUT2D eigenvalue weighted by atomic mass is 10.2. The summed E-state index contributed by atoms with van der Waals surface area (Å²) in [6.45, 7) is -1.02. The number of carbonyl (C=O) groups is 1. The maximum atomic E-state index is 13.8. The zero-order valence-electron chi connectivity index (χ0n) is 16.7. The molecular formula is C21H14ClF3N2O4S2. The standard InChI is InChI=1S/C21H14ClF3N2O4S2/c1-33(30,31)15-4-2-3-12(7-15)5-6-13-8-17(32-19(13)22)20(28)26-14-9-16(23)21(29)27(10-14)11-18(24)25/h2-4,7-10,18H,11H2,1H3,(H,26,28). The van der Waals surface area contributed by atoms with Gasteiger partial charge in [0, 0.05) is 24.1 Å². The Morgan fingerprint density at radius 2 is 1.97 bits per heavy atom. The van der Waals surface area contributed by atoms with Crippen molar-refractivity contribution in [1.29, 1.82) is 0 Å². The van der Waals surface area contributed by atoms with E-state index in [0.717, 1.165) is 29.9 Å². The predicted molar refractivity (Wildman–Crippen MR) is 119 cm³/mol. The molecule has 0 radical (unpaired) electrons. The topological polar surface area (TPSA) is 85.2 Å². The van der Waals surface area contributed by atoms with Crippen molar-refractivity contribution in [2.45, 2.75) is 17.9 Å². The minimum absolute atomic E-state index is 0.0983. The van der Waals surface area contributed by atoms with Gasteiger partial charge in [0.1, 0.15) is 4.34 Å². The van der Waals surface area contributed by atoms with Gasteiger partial charge < -0.3 is 9.88 Å². The summed E-state index contributed by atoms with van der Waals surface area (Å²) >= 11 is 7.02. The lowest BCUT2D eigenvalue weighted by molar-refractivity contribution is 0.103. The zero-order valence-corrected chi connectivity index (χ0v) is 19.1. The lowest BCUT2D eigenvalue weighted by Crippen LogP contribution is -2.26. The highest BCUT2D eigenvalue weighted by atomic mass is 35.5. The first kappa shape index (κ1) is 24.6. The average Bonchev–Trinajstić information content (AvgIpc) is 3.10. The summed E-state index contributed by atoms with van der Waals surface area (Å²) in [5, 5.41) is 2.33. The van der Waals surface area contributed by atoms with Crippen LogP contribution in [0.25, 0.3) is 0 Å². The van der Waals surface area contributed by atoms with Gasteiger partial charge in [-0.25, -0.2) is 21.6 Å². The number of carbonyl (C=O) groups excluding carboxylic acids is 1. The van der Waals surface area contributed by atoms with Crippen LogP contribution in [0.3, 0.4) is 0 Å². The van der Waals surface area contributed by atoms with E-state index in [1.165, 1.54) is 18.2 Å². The minimum atomic E-state index is -3.40. The van der Waals surface area contributed by atoms with Crippen LogP contribution < -0.4 is 10.9 Å². The Bertz CT molecular complexity index is 1450. The summed E-state index contributed by atoms with van der Waals surface area (Å²) in [7, 11) is -3.40. The van der Waals surface area contributed by atoms with E-state index in [4.69, 9.17) is 11.6 Å². The number of nitrogens with one attached hydrogen (secondary N) is 1. The van der Waals surface area contributed by atoms with Crippen LogP contribution in [0.2, 0.25) is 4.34 Å². The van der Waals surface area contributed by atoms with Crippen molar-refractivity contribution in [3.63, 3.8) is 0 Å². The number of sulfone groups is 1. The van der Waals surface area contributed by atoms with Crippen LogP contribution in [0.4, 0.5) is 18.9 Å². The van der Waals surface area contributed by atoms with E-state index in [-0.39, 0.29) is 19.8 Å². The van der Waals surface area contributed by atoms with Gasteiger partial charge in [0.2, 0.25) is 0 Å². The maximum Gasteiger partial charge on any atom is 0.286 e. The number of alkyl halides is 2. The molecule has 0 spiro atoms. The van der Waals surface area contributed by atoms with Crippen molar-refractivity contribution in [2.24, 2.45) is 0 Å². The molecule has 0 aliphatic carbocycles. The highest BCUT2D eigenvalue weighted by Gasteiger charge is 2.16. The van der Waals surface area contributed by atoms with E-state index in [9.17, 15) is 31.2 Å². The number of anilines is 1. The fourth-order valence-electron chi connectivity index (χ4n) is 2.65. The Hall–Kier alpha value is -3.07. The molecule has 1 aromatic carbocycles. The average molecular weight is 515 g/mol. The number of hydrogen-bond donors (Lipinski definition) is 1. The van der Waals surface area contributed by atoms with Gasteiger partial charge in [-0.3, -0.25) is 9.59 Å². The van der Waals surface area contributed by atoms with Crippen LogP contribution >= 0.6 is 22.9 Å². The monoisotopic (exact) mass is 514 g/mol. The second kappa shape index (κ2) is 9.82. The number of nitrogens with zero attached hydrogens (tertiary/aromatic N) is 1. The Kier molecular flexibility index (Phi) is 7.31. The molecule has 1 amide bonds. The van der Waals surface area contributed by atoms with Crippen LogP contribution in [0, 0.1) is 17.7 Å². The van der Waals surface area contributed by atoms with Crippen molar-refractivity contribution in [3.8, 4) is 11.8 Å². The van der Waals surface area contributed by atoms with Crippen molar-refractivity contribution >= 4 is 44.4 Å². The molecule has 1 N–H and O–H groups in total. The predicted octanol–water partition coefficient (Wildman–Crippen LogP) is 4.02. The summed E-state index contributed by atoms with van der Waals surface area (Å²) in [5.74, 6) is 3.53. The fourth-order valence-corrected chi connectivity index (χ4v) is 4.41. The molecule has 3 aromatic rings. The third kappa shape index (κ3) is 6.25. The summed E-state index contributed by atoms with van der Waals surface area (Å²) in [6, 6.07) is 8.10. The summed E-state index contributed by atoms with van der Waals surface area (Å²) < 4.78 is 62.9. The van der Waals surface area contributed by atoms with E-state index in [1.807, 2.05) is 0 Å². The number of benzene rings is 1. The van der Waals surface area contributed by atoms with Gasteiger partial charge in [-0.1, -0.05) is 29.5 Å². The number of pyridine rings is 1. The van der Waals surface area contributed by atoms with E-state index in [1.54, 1.807) is 12.1 Å². The first-order valence-corrected chi connectivity index (χ1v) is 12.1. The van der Waals surface area contributed by atoms with Crippen LogP contribution in [0.15, 0.2) is 52.3 Å². The van der Waals surface area contributed by atoms with Crippen LogP contribution in [0.1, 0.15) is 20.8 Å². The van der Waals surface area contributed by atoms with Gasteiger partial charge in [-0.05, 0) is 24.3 Å². The molecule has 6 nitrogen and oxygen atoms in total. The van der Waals surface area contributed by atoms with Crippen molar-refractivity contribution in [2.75, 3.05) is 11.6 Å². The summed E-state index contributed by atoms with van der Waals surface area (Å²) in [5.41, 5.74) is -0.703. The number of hydrogen-bond acceptors (Lipinski definition) is 5. The van der Waals surface area contributed by atoms with Crippen LogP contribution in [-0.2, 0) is 16.4 Å². The number of rotatable bonds is 5. The molecule has 0 saturated carbocycles. The van der Waals surface area contributed by atoms with Gasteiger partial charge in [0.25, 0.3) is 17.9 Å². The fraction of sp³-hybridized carbons (Fsp3) is 0.143. The van der Waals surface area contributed by atoms with Gasteiger partial charge >= 0.3 is 0 Å². The molecule has 0 saturated heterocycles. The summed E-state index contributed by atoms with van der Waals surface area (Å²) in [4.78, 5) is 24.3. The maximum absolute atomic E-state index is 13.8. The molecular weight excluding hydrogens is 501 g/mol. The molecule has 12 heteroatoms. The third-order valence-corrected chi connectivity index (χ3v) is 6.62. The minimum Gasteiger partial charge on any atom is -0.320 e. The van der Waals surface area contributed by atoms with Gasteiger partial charge in [-0.2, -0.15) is 0 Å².